The van der Waals surface area contributed by atoms with Crippen molar-refractivity contribution in [3.63, 3.8) is 0 Å². The van der Waals surface area contributed by atoms with Gasteiger partial charge >= 0.3 is 6.09 Å². The molecule has 0 heterocycles. The second-order valence-electron chi connectivity index (χ2n) is 3.42. The molecule has 0 fully saturated rings. The summed E-state index contributed by atoms with van der Waals surface area (Å²) in [6.45, 7) is 4.77. The van der Waals surface area contributed by atoms with E-state index in [0.717, 1.165) is 5.56 Å². The van der Waals surface area contributed by atoms with Gasteiger partial charge in [0.1, 0.15) is 12.6 Å². The normalized spacial score (nSPS) is 11.4. The Hall–Kier alpha value is -2.17. The smallest absolute Gasteiger partial charge is 0.408 e. The topological polar surface area (TPSA) is 67.8 Å². The van der Waals surface area contributed by atoms with Crippen molar-refractivity contribution in [3.05, 3.63) is 35.9 Å². The molecule has 0 radical (unpaired) electrons. The molecule has 1 aromatic carbocycles. The molecular weight excluding hydrogens is 220 g/mol. The van der Waals surface area contributed by atoms with Gasteiger partial charge < -0.3 is 10.1 Å². The molecule has 90 valence electrons. The third-order valence-electron chi connectivity index (χ3n) is 2.07. The average molecular weight is 234 g/mol. The molecular formula is C12H14N2O3. The van der Waals surface area contributed by atoms with Gasteiger partial charge in [-0.15, -0.1) is 0 Å². The molecule has 1 atom stereocenters. The highest BCUT2D eigenvalue weighted by atomic mass is 16.5. The minimum Gasteiger partial charge on any atom is -0.445 e. The Morgan fingerprint density at radius 3 is 2.65 bits per heavy atom. The maximum Gasteiger partial charge on any atom is 0.408 e. The first-order valence-electron chi connectivity index (χ1n) is 5.11. The van der Waals surface area contributed by atoms with Crippen LogP contribution in [0.3, 0.4) is 0 Å². The lowest BCUT2D eigenvalue weighted by molar-refractivity contribution is -0.119. The molecule has 0 aliphatic heterocycles. The van der Waals surface area contributed by atoms with Crippen LogP contribution >= 0.6 is 0 Å². The first-order chi connectivity index (χ1) is 8.13. The SMILES string of the molecule is C=NC(=O)[C@H](C)NC(=O)OCc1ccccc1. The van der Waals surface area contributed by atoms with Gasteiger partial charge in [0.25, 0.3) is 5.91 Å². The fraction of sp³-hybridized carbons (Fsp3) is 0.250. The molecule has 0 aromatic heterocycles. The summed E-state index contributed by atoms with van der Waals surface area (Å²) >= 11 is 0. The van der Waals surface area contributed by atoms with Crippen molar-refractivity contribution in [2.75, 3.05) is 0 Å². The van der Waals surface area contributed by atoms with Crippen molar-refractivity contribution < 1.29 is 14.3 Å². The van der Waals surface area contributed by atoms with Gasteiger partial charge in [-0.2, -0.15) is 0 Å². The third-order valence-corrected chi connectivity index (χ3v) is 2.07. The number of nitrogens with one attached hydrogen (secondary N) is 1. The van der Waals surface area contributed by atoms with E-state index in [9.17, 15) is 9.59 Å². The monoisotopic (exact) mass is 234 g/mol. The van der Waals surface area contributed by atoms with E-state index in [-0.39, 0.29) is 6.61 Å². The van der Waals surface area contributed by atoms with Crippen LogP contribution in [0.2, 0.25) is 0 Å². The van der Waals surface area contributed by atoms with Crippen molar-refractivity contribution in [1.82, 2.24) is 5.32 Å². The number of rotatable bonds is 4. The molecule has 0 saturated carbocycles. The van der Waals surface area contributed by atoms with Crippen LogP contribution in [0.25, 0.3) is 0 Å². The summed E-state index contributed by atoms with van der Waals surface area (Å²) in [4.78, 5) is 25.5. The lowest BCUT2D eigenvalue weighted by atomic mass is 10.2. The molecule has 0 saturated heterocycles. The highest BCUT2D eigenvalue weighted by Crippen LogP contribution is 2.00. The van der Waals surface area contributed by atoms with Crippen molar-refractivity contribution in [3.8, 4) is 0 Å². The van der Waals surface area contributed by atoms with Crippen molar-refractivity contribution in [2.45, 2.75) is 19.6 Å². The standard InChI is InChI=1S/C12H14N2O3/c1-9(11(15)13-2)14-12(16)17-8-10-6-4-3-5-7-10/h3-7,9H,2,8H2,1H3,(H,14,16)/t9-/m0/s1. The highest BCUT2D eigenvalue weighted by molar-refractivity contribution is 5.88. The highest BCUT2D eigenvalue weighted by Gasteiger charge is 2.14. The van der Waals surface area contributed by atoms with Gasteiger partial charge in [0.2, 0.25) is 0 Å². The van der Waals surface area contributed by atoms with Crippen LogP contribution in [-0.2, 0) is 16.1 Å². The number of alkyl carbamates (subject to hydrolysis) is 1. The van der Waals surface area contributed by atoms with E-state index in [2.05, 4.69) is 17.0 Å². The van der Waals surface area contributed by atoms with Gasteiger partial charge in [0.05, 0.1) is 0 Å². The van der Waals surface area contributed by atoms with Crippen LogP contribution in [0.4, 0.5) is 4.79 Å². The number of carbonyl (C=O) groups is 2. The molecule has 5 nitrogen and oxygen atoms in total. The van der Waals surface area contributed by atoms with Crippen LogP contribution in [0.1, 0.15) is 12.5 Å². The minimum absolute atomic E-state index is 0.162. The molecule has 1 N–H and O–H groups in total. The maximum atomic E-state index is 11.3. The number of amides is 2. The van der Waals surface area contributed by atoms with E-state index in [0.29, 0.717) is 0 Å². The number of ether oxygens (including phenoxy) is 1. The Balaban J connectivity index is 2.36. The summed E-state index contributed by atoms with van der Waals surface area (Å²) in [6, 6.07) is 8.53. The van der Waals surface area contributed by atoms with E-state index >= 15 is 0 Å². The number of carbonyl (C=O) groups excluding carboxylic acids is 2. The number of nitrogens with zero attached hydrogens (tertiary/aromatic N) is 1. The third kappa shape index (κ3) is 4.46. The van der Waals surface area contributed by atoms with Gasteiger partial charge in [-0.1, -0.05) is 30.3 Å². The zero-order valence-corrected chi connectivity index (χ0v) is 9.55. The quantitative estimate of drug-likeness (QED) is 0.803. The van der Waals surface area contributed by atoms with Gasteiger partial charge in [0, 0.05) is 0 Å². The molecule has 1 rings (SSSR count). The lowest BCUT2D eigenvalue weighted by Gasteiger charge is -2.10. The Kier molecular flexibility index (Phi) is 4.87. The Bertz CT molecular complexity index is 403. The molecule has 0 aliphatic carbocycles. The average Bonchev–Trinajstić information content (AvgIpc) is 2.36. The molecule has 2 amide bonds. The summed E-state index contributed by atoms with van der Waals surface area (Å²) in [5.41, 5.74) is 0.878. The lowest BCUT2D eigenvalue weighted by Crippen LogP contribution is -2.37. The number of hydrogen-bond acceptors (Lipinski definition) is 3. The molecule has 1 aromatic rings. The number of benzene rings is 1. The molecule has 0 spiro atoms. The summed E-state index contributed by atoms with van der Waals surface area (Å²) in [5.74, 6) is -0.498. The molecule has 17 heavy (non-hydrogen) atoms. The zero-order valence-electron chi connectivity index (χ0n) is 9.55. The largest absolute Gasteiger partial charge is 0.445 e. The van der Waals surface area contributed by atoms with Crippen LogP contribution in [0, 0.1) is 0 Å². The van der Waals surface area contributed by atoms with Gasteiger partial charge in [-0.3, -0.25) is 4.79 Å². The second kappa shape index (κ2) is 6.42. The van der Waals surface area contributed by atoms with E-state index in [1.165, 1.54) is 6.92 Å². The van der Waals surface area contributed by atoms with E-state index in [1.807, 2.05) is 30.3 Å². The van der Waals surface area contributed by atoms with E-state index in [4.69, 9.17) is 4.74 Å². The summed E-state index contributed by atoms with van der Waals surface area (Å²) in [7, 11) is 0. The minimum atomic E-state index is -0.726. The summed E-state index contributed by atoms with van der Waals surface area (Å²) < 4.78 is 4.93. The van der Waals surface area contributed by atoms with E-state index in [1.54, 1.807) is 0 Å². The summed E-state index contributed by atoms with van der Waals surface area (Å²) in [6.07, 6.45) is -0.654. The van der Waals surface area contributed by atoms with Crippen LogP contribution in [0.5, 0.6) is 0 Å². The first kappa shape index (κ1) is 12.9. The van der Waals surface area contributed by atoms with Gasteiger partial charge in [-0.25, -0.2) is 9.79 Å². The Morgan fingerprint density at radius 1 is 1.41 bits per heavy atom. The maximum absolute atomic E-state index is 11.3. The molecule has 0 aliphatic rings. The van der Waals surface area contributed by atoms with E-state index < -0.39 is 18.0 Å². The predicted molar refractivity (Wildman–Crippen MR) is 63.8 cm³/mol. The summed E-state index contributed by atoms with van der Waals surface area (Å²) in [5, 5.41) is 2.36. The van der Waals surface area contributed by atoms with Gasteiger partial charge in [0.15, 0.2) is 0 Å². The van der Waals surface area contributed by atoms with Crippen LogP contribution in [0.15, 0.2) is 35.3 Å². The van der Waals surface area contributed by atoms with Crippen molar-refractivity contribution >= 4 is 18.7 Å². The fourth-order valence-electron chi connectivity index (χ4n) is 1.14. The number of aliphatic imine (C=N–C) groups is 1. The first-order valence-corrected chi connectivity index (χ1v) is 5.11. The fourth-order valence-corrected chi connectivity index (χ4v) is 1.14. The van der Waals surface area contributed by atoms with Crippen LogP contribution < -0.4 is 5.32 Å². The Labute approximate surface area is 99.5 Å². The molecule has 0 unspecified atom stereocenters. The van der Waals surface area contributed by atoms with Crippen molar-refractivity contribution in [2.24, 2.45) is 4.99 Å². The molecule has 0 bridgehead atoms. The van der Waals surface area contributed by atoms with Crippen LogP contribution in [-0.4, -0.2) is 24.8 Å². The predicted octanol–water partition coefficient (Wildman–Crippen LogP) is 1.53. The second-order valence-corrected chi connectivity index (χ2v) is 3.42. The van der Waals surface area contributed by atoms with Crippen molar-refractivity contribution in [1.29, 1.82) is 0 Å². The van der Waals surface area contributed by atoms with Gasteiger partial charge in [-0.05, 0) is 19.2 Å². The molecule has 5 heteroatoms. The Morgan fingerprint density at radius 2 is 2.06 bits per heavy atom. The number of hydrogen-bond donors (Lipinski definition) is 1. The zero-order chi connectivity index (χ0) is 12.7.